The molecule has 0 aliphatic rings. The number of sulfonamides is 1. The highest BCUT2D eigenvalue weighted by Gasteiger charge is 2.13. The maximum atomic E-state index is 13.2. The number of rotatable bonds is 3. The van der Waals surface area contributed by atoms with Crippen LogP contribution < -0.4 is 15.6 Å². The van der Waals surface area contributed by atoms with Crippen LogP contribution >= 0.6 is 0 Å². The lowest BCUT2D eigenvalue weighted by molar-refractivity contribution is 0.474. The molecule has 112 valence electrons. The van der Waals surface area contributed by atoms with E-state index in [9.17, 15) is 12.8 Å². The zero-order valence-corrected chi connectivity index (χ0v) is 12.4. The summed E-state index contributed by atoms with van der Waals surface area (Å²) in [7, 11) is -3.82. The lowest BCUT2D eigenvalue weighted by Gasteiger charge is -2.14. The first-order valence-electron chi connectivity index (χ1n) is 6.05. The highest BCUT2D eigenvalue weighted by molar-refractivity contribution is 7.89. The number of aryl methyl sites for hydroxylation is 2. The fourth-order valence-corrected chi connectivity index (χ4v) is 2.51. The predicted molar refractivity (Wildman–Crippen MR) is 78.2 cm³/mol. The van der Waals surface area contributed by atoms with Gasteiger partial charge in [-0.3, -0.25) is 0 Å². The highest BCUT2D eigenvalue weighted by Crippen LogP contribution is 2.33. The van der Waals surface area contributed by atoms with Crippen LogP contribution in [0.2, 0.25) is 0 Å². The Morgan fingerprint density at radius 2 is 1.67 bits per heavy atom. The summed E-state index contributed by atoms with van der Waals surface area (Å²) >= 11 is 0. The number of benzene rings is 2. The summed E-state index contributed by atoms with van der Waals surface area (Å²) in [5.74, 6) is 0.404. The van der Waals surface area contributed by atoms with E-state index in [-0.39, 0.29) is 22.1 Å². The van der Waals surface area contributed by atoms with Crippen LogP contribution in [0.1, 0.15) is 11.1 Å². The molecule has 0 saturated heterocycles. The van der Waals surface area contributed by atoms with E-state index in [0.717, 1.165) is 0 Å². The second-order valence-electron chi connectivity index (χ2n) is 4.72. The fourth-order valence-electron chi connectivity index (χ4n) is 1.96. The molecule has 4 N–H and O–H groups in total. The zero-order chi connectivity index (χ0) is 15.8. The van der Waals surface area contributed by atoms with Crippen molar-refractivity contribution in [3.05, 3.63) is 47.3 Å². The molecule has 0 atom stereocenters. The summed E-state index contributed by atoms with van der Waals surface area (Å²) in [6.45, 7) is 3.42. The van der Waals surface area contributed by atoms with Crippen LogP contribution in [-0.2, 0) is 10.0 Å². The van der Waals surface area contributed by atoms with E-state index in [4.69, 9.17) is 15.6 Å². The van der Waals surface area contributed by atoms with E-state index >= 15 is 0 Å². The molecule has 0 fully saturated rings. The monoisotopic (exact) mass is 310 g/mol. The molecule has 5 nitrogen and oxygen atoms in total. The summed E-state index contributed by atoms with van der Waals surface area (Å²) in [6, 6.07) is 6.62. The Kier molecular flexibility index (Phi) is 3.89. The molecule has 0 heterocycles. The molecule has 21 heavy (non-hydrogen) atoms. The molecule has 0 saturated carbocycles. The van der Waals surface area contributed by atoms with Crippen LogP contribution in [0.25, 0.3) is 0 Å². The van der Waals surface area contributed by atoms with Crippen molar-refractivity contribution in [2.24, 2.45) is 5.14 Å². The van der Waals surface area contributed by atoms with Gasteiger partial charge in [-0.15, -0.1) is 0 Å². The maximum Gasteiger partial charge on any atom is 0.238 e. The van der Waals surface area contributed by atoms with Crippen molar-refractivity contribution in [3.8, 4) is 11.5 Å². The first-order chi connectivity index (χ1) is 9.68. The number of hydrogen-bond acceptors (Lipinski definition) is 4. The zero-order valence-electron chi connectivity index (χ0n) is 11.6. The summed E-state index contributed by atoms with van der Waals surface area (Å²) in [5, 5.41) is 5.03. The maximum absolute atomic E-state index is 13.2. The first-order valence-corrected chi connectivity index (χ1v) is 7.60. The van der Waals surface area contributed by atoms with Gasteiger partial charge in [0.25, 0.3) is 0 Å². The average molecular weight is 310 g/mol. The molecule has 2 rings (SSSR count). The molecule has 2 aromatic carbocycles. The van der Waals surface area contributed by atoms with Crippen molar-refractivity contribution in [3.63, 3.8) is 0 Å². The number of anilines is 1. The van der Waals surface area contributed by atoms with Crippen LogP contribution in [0.5, 0.6) is 11.5 Å². The van der Waals surface area contributed by atoms with Crippen LogP contribution in [-0.4, -0.2) is 8.42 Å². The van der Waals surface area contributed by atoms with Crippen LogP contribution in [0.15, 0.2) is 35.2 Å². The van der Waals surface area contributed by atoms with Gasteiger partial charge in [0.15, 0.2) is 0 Å². The first kappa shape index (κ1) is 15.3. The van der Waals surface area contributed by atoms with Gasteiger partial charge in [-0.2, -0.15) is 0 Å². The van der Waals surface area contributed by atoms with Crippen LogP contribution in [0.3, 0.4) is 0 Å². The number of hydrogen-bond donors (Lipinski definition) is 2. The Morgan fingerprint density at radius 1 is 1.10 bits per heavy atom. The molecular formula is C14H15FN2O3S. The van der Waals surface area contributed by atoms with Crippen molar-refractivity contribution in [2.45, 2.75) is 18.7 Å². The van der Waals surface area contributed by atoms with Crippen molar-refractivity contribution >= 4 is 15.7 Å². The Balaban J connectivity index is 2.42. The normalized spacial score (nSPS) is 11.4. The third kappa shape index (κ3) is 3.32. The molecule has 0 amide bonds. The second kappa shape index (κ2) is 5.34. The van der Waals surface area contributed by atoms with Crippen LogP contribution in [0, 0.1) is 19.7 Å². The van der Waals surface area contributed by atoms with Gasteiger partial charge in [0.1, 0.15) is 17.3 Å². The largest absolute Gasteiger partial charge is 0.455 e. The summed E-state index contributed by atoms with van der Waals surface area (Å²) < 4.78 is 41.4. The topological polar surface area (TPSA) is 95.4 Å². The third-order valence-electron chi connectivity index (χ3n) is 2.95. The summed E-state index contributed by atoms with van der Waals surface area (Å²) in [4.78, 5) is -0.0973. The summed E-state index contributed by atoms with van der Waals surface area (Å²) in [5.41, 5.74) is 7.13. The lowest BCUT2D eigenvalue weighted by atomic mass is 10.1. The Hall–Kier alpha value is -2.12. The van der Waals surface area contributed by atoms with Crippen molar-refractivity contribution < 1.29 is 17.5 Å². The lowest BCUT2D eigenvalue weighted by Crippen LogP contribution is -2.12. The quantitative estimate of drug-likeness (QED) is 0.851. The molecule has 0 aliphatic heterocycles. The van der Waals surface area contributed by atoms with E-state index < -0.39 is 10.0 Å². The van der Waals surface area contributed by atoms with Crippen LogP contribution in [0.4, 0.5) is 10.1 Å². The van der Waals surface area contributed by atoms with Gasteiger partial charge < -0.3 is 10.5 Å². The van der Waals surface area contributed by atoms with Gasteiger partial charge in [-0.1, -0.05) is 0 Å². The second-order valence-corrected chi connectivity index (χ2v) is 6.28. The SMILES string of the molecule is Cc1cc(F)cc(C)c1Oc1ccc(S(N)(=O)=O)cc1N. The molecule has 0 aromatic heterocycles. The Morgan fingerprint density at radius 3 is 2.14 bits per heavy atom. The van der Waals surface area contributed by atoms with Gasteiger partial charge in [0.05, 0.1) is 10.6 Å². The number of nitrogen functional groups attached to an aromatic ring is 1. The molecule has 0 radical (unpaired) electrons. The van der Waals surface area contributed by atoms with Gasteiger partial charge in [-0.25, -0.2) is 17.9 Å². The van der Waals surface area contributed by atoms with Crippen molar-refractivity contribution in [2.75, 3.05) is 5.73 Å². The molecular weight excluding hydrogens is 295 g/mol. The average Bonchev–Trinajstić information content (AvgIpc) is 2.33. The minimum absolute atomic E-state index is 0.0973. The van der Waals surface area contributed by atoms with Gasteiger partial charge >= 0.3 is 0 Å². The molecule has 0 spiro atoms. The summed E-state index contributed by atoms with van der Waals surface area (Å²) in [6.07, 6.45) is 0. The van der Waals surface area contributed by atoms with Gasteiger partial charge in [0, 0.05) is 0 Å². The van der Waals surface area contributed by atoms with E-state index in [1.807, 2.05) is 0 Å². The molecule has 2 aromatic rings. The van der Waals surface area contributed by atoms with Gasteiger partial charge in [-0.05, 0) is 55.3 Å². The van der Waals surface area contributed by atoms with Crippen molar-refractivity contribution in [1.29, 1.82) is 0 Å². The molecule has 0 aliphatic carbocycles. The number of halogens is 1. The van der Waals surface area contributed by atoms with E-state index in [1.54, 1.807) is 13.8 Å². The molecule has 0 bridgehead atoms. The van der Waals surface area contributed by atoms with Crippen molar-refractivity contribution in [1.82, 2.24) is 0 Å². The highest BCUT2D eigenvalue weighted by atomic mass is 32.2. The Bertz CT molecular complexity index is 781. The number of ether oxygens (including phenoxy) is 1. The standard InChI is InChI=1S/C14H15FN2O3S/c1-8-5-10(15)6-9(2)14(8)20-13-4-3-11(7-12(13)16)21(17,18)19/h3-7H,16H2,1-2H3,(H2,17,18,19). The molecule has 0 unspecified atom stereocenters. The third-order valence-corrected chi connectivity index (χ3v) is 3.86. The van der Waals surface area contributed by atoms with Gasteiger partial charge in [0.2, 0.25) is 10.0 Å². The molecule has 7 heteroatoms. The Labute approximate surface area is 122 Å². The van der Waals surface area contributed by atoms with E-state index in [1.165, 1.54) is 30.3 Å². The predicted octanol–water partition coefficient (Wildman–Crippen LogP) is 2.46. The smallest absolute Gasteiger partial charge is 0.238 e. The number of nitrogens with two attached hydrogens (primary N) is 2. The minimum atomic E-state index is -3.82. The fraction of sp³-hybridized carbons (Fsp3) is 0.143. The number of primary sulfonamides is 1. The minimum Gasteiger partial charge on any atom is -0.455 e. The van der Waals surface area contributed by atoms with E-state index in [0.29, 0.717) is 16.9 Å². The van der Waals surface area contributed by atoms with E-state index in [2.05, 4.69) is 0 Å².